The molecule has 0 aliphatic heterocycles. The Bertz CT molecular complexity index is 651. The molecule has 2 aromatic carbocycles. The highest BCUT2D eigenvalue weighted by Crippen LogP contribution is 2.36. The van der Waals surface area contributed by atoms with Gasteiger partial charge in [0, 0.05) is 6.08 Å². The summed E-state index contributed by atoms with van der Waals surface area (Å²) in [5.41, 5.74) is 0. The number of hydrogen-bond acceptors (Lipinski definition) is 3. The third-order valence-corrected chi connectivity index (χ3v) is 9.27. The van der Waals surface area contributed by atoms with Gasteiger partial charge in [0.2, 0.25) is 0 Å². The van der Waals surface area contributed by atoms with Crippen molar-refractivity contribution in [1.82, 2.24) is 0 Å². The molecule has 3 nitrogen and oxygen atoms in total. The molecule has 0 fully saturated rings. The molecule has 0 radical (unpaired) electrons. The molecule has 0 unspecified atom stereocenters. The van der Waals surface area contributed by atoms with Crippen LogP contribution in [-0.2, 0) is 14.0 Å². The molecule has 25 heavy (non-hydrogen) atoms. The lowest BCUT2D eigenvalue weighted by molar-refractivity contribution is -0.138. The molecule has 0 saturated carbocycles. The normalized spacial score (nSPS) is 11.8. The average Bonchev–Trinajstić information content (AvgIpc) is 2.62. The number of ether oxygens (including phenoxy) is 1. The largest absolute Gasteiger partial charge is 0.460 e. The summed E-state index contributed by atoms with van der Waals surface area (Å²) in [6, 6.07) is 20.8. The fraction of sp³-hybridized carbons (Fsp3) is 0.286. The first kappa shape index (κ1) is 19.2. The molecule has 0 aliphatic carbocycles. The van der Waals surface area contributed by atoms with Crippen LogP contribution in [0.1, 0.15) is 20.8 Å². The standard InChI is InChI=1S/C21H26O3Si/c1-5-20(22)23-16-17-24-25(21(2,3)4,18-12-8-6-9-13-18)19-14-10-7-11-15-19/h5-15H,1,16-17H2,2-4H3. The SMILES string of the molecule is C=CC(=O)OCCO[Si](c1ccccc1)(c1ccccc1)C(C)(C)C. The lowest BCUT2D eigenvalue weighted by Gasteiger charge is -2.43. The van der Waals surface area contributed by atoms with Crippen LogP contribution in [0, 0.1) is 0 Å². The Morgan fingerprint density at radius 1 is 0.960 bits per heavy atom. The van der Waals surface area contributed by atoms with E-state index in [2.05, 4.69) is 51.6 Å². The first-order chi connectivity index (χ1) is 11.9. The lowest BCUT2D eigenvalue weighted by Crippen LogP contribution is -2.66. The Kier molecular flexibility index (Phi) is 6.34. The molecule has 0 aliphatic rings. The second-order valence-corrected chi connectivity index (χ2v) is 11.2. The van der Waals surface area contributed by atoms with Crippen molar-refractivity contribution in [3.63, 3.8) is 0 Å². The molecule has 0 bridgehead atoms. The van der Waals surface area contributed by atoms with E-state index in [4.69, 9.17) is 9.16 Å². The summed E-state index contributed by atoms with van der Waals surface area (Å²) >= 11 is 0. The van der Waals surface area contributed by atoms with E-state index in [0.717, 1.165) is 0 Å². The van der Waals surface area contributed by atoms with Crippen molar-refractivity contribution in [3.8, 4) is 0 Å². The first-order valence-corrected chi connectivity index (χ1v) is 10.4. The van der Waals surface area contributed by atoms with Crippen molar-refractivity contribution in [2.24, 2.45) is 0 Å². The summed E-state index contributed by atoms with van der Waals surface area (Å²) in [7, 11) is -2.55. The Labute approximate surface area is 151 Å². The summed E-state index contributed by atoms with van der Waals surface area (Å²) in [5.74, 6) is -0.425. The van der Waals surface area contributed by atoms with Crippen molar-refractivity contribution in [2.45, 2.75) is 25.8 Å². The van der Waals surface area contributed by atoms with E-state index >= 15 is 0 Å². The van der Waals surface area contributed by atoms with E-state index in [1.54, 1.807) is 0 Å². The predicted octanol–water partition coefficient (Wildman–Crippen LogP) is 3.29. The lowest BCUT2D eigenvalue weighted by atomic mass is 10.2. The molecule has 0 aromatic heterocycles. The first-order valence-electron chi connectivity index (χ1n) is 8.46. The van der Waals surface area contributed by atoms with Crippen LogP contribution in [0.25, 0.3) is 0 Å². The van der Waals surface area contributed by atoms with Gasteiger partial charge in [-0.05, 0) is 15.4 Å². The zero-order valence-corrected chi connectivity index (χ0v) is 16.2. The summed E-state index contributed by atoms with van der Waals surface area (Å²) in [6.45, 7) is 10.6. The molecular formula is C21H26O3Si. The molecule has 0 N–H and O–H groups in total. The molecular weight excluding hydrogens is 328 g/mol. The molecule has 0 spiro atoms. The van der Waals surface area contributed by atoms with Crippen LogP contribution in [0.5, 0.6) is 0 Å². The fourth-order valence-electron chi connectivity index (χ4n) is 3.16. The third kappa shape index (κ3) is 4.27. The minimum Gasteiger partial charge on any atom is -0.460 e. The van der Waals surface area contributed by atoms with Gasteiger partial charge in [0.1, 0.15) is 6.61 Å². The highest BCUT2D eigenvalue weighted by molar-refractivity contribution is 6.99. The van der Waals surface area contributed by atoms with Gasteiger partial charge in [-0.25, -0.2) is 4.79 Å². The molecule has 132 valence electrons. The molecule has 0 heterocycles. The summed E-state index contributed by atoms with van der Waals surface area (Å²) in [4.78, 5) is 11.3. The van der Waals surface area contributed by atoms with E-state index in [1.807, 2.05) is 36.4 Å². The number of carbonyl (C=O) groups excluding carboxylic acids is 1. The summed E-state index contributed by atoms with van der Waals surface area (Å²) in [6.07, 6.45) is 1.17. The van der Waals surface area contributed by atoms with Gasteiger partial charge < -0.3 is 9.16 Å². The molecule has 4 heteroatoms. The summed E-state index contributed by atoms with van der Waals surface area (Å²) < 4.78 is 11.7. The van der Waals surface area contributed by atoms with Crippen molar-refractivity contribution < 1.29 is 14.0 Å². The van der Waals surface area contributed by atoms with Gasteiger partial charge in [0.15, 0.2) is 0 Å². The number of benzene rings is 2. The molecule has 2 rings (SSSR count). The van der Waals surface area contributed by atoms with E-state index in [0.29, 0.717) is 6.61 Å². The van der Waals surface area contributed by atoms with Crippen molar-refractivity contribution in [1.29, 1.82) is 0 Å². The zero-order valence-electron chi connectivity index (χ0n) is 15.2. The highest BCUT2D eigenvalue weighted by atomic mass is 28.4. The van der Waals surface area contributed by atoms with Crippen LogP contribution >= 0.6 is 0 Å². The van der Waals surface area contributed by atoms with Crippen LogP contribution in [0.2, 0.25) is 5.04 Å². The Hall–Kier alpha value is -2.17. The number of rotatable bonds is 7. The van der Waals surface area contributed by atoms with E-state index in [1.165, 1.54) is 16.4 Å². The van der Waals surface area contributed by atoms with Gasteiger partial charge in [0.25, 0.3) is 8.32 Å². The van der Waals surface area contributed by atoms with Gasteiger partial charge in [-0.1, -0.05) is 88.0 Å². The van der Waals surface area contributed by atoms with Crippen LogP contribution in [-0.4, -0.2) is 27.5 Å². The zero-order chi connectivity index (χ0) is 18.3. The minimum atomic E-state index is -2.55. The smallest absolute Gasteiger partial charge is 0.330 e. The maximum atomic E-state index is 11.3. The monoisotopic (exact) mass is 354 g/mol. The van der Waals surface area contributed by atoms with Crippen LogP contribution in [0.15, 0.2) is 73.3 Å². The van der Waals surface area contributed by atoms with Crippen molar-refractivity contribution in [3.05, 3.63) is 73.3 Å². The minimum absolute atomic E-state index is 0.0852. The maximum Gasteiger partial charge on any atom is 0.330 e. The van der Waals surface area contributed by atoms with E-state index in [-0.39, 0.29) is 11.6 Å². The predicted molar refractivity (Wildman–Crippen MR) is 105 cm³/mol. The molecule has 2 aromatic rings. The second kappa shape index (κ2) is 8.27. The van der Waals surface area contributed by atoms with Gasteiger partial charge in [-0.3, -0.25) is 0 Å². The van der Waals surface area contributed by atoms with E-state index < -0.39 is 14.3 Å². The van der Waals surface area contributed by atoms with Gasteiger partial charge in [0.05, 0.1) is 6.61 Å². The van der Waals surface area contributed by atoms with Crippen molar-refractivity contribution >= 4 is 24.7 Å². The number of carbonyl (C=O) groups is 1. The third-order valence-electron chi connectivity index (χ3n) is 4.23. The maximum absolute atomic E-state index is 11.3. The van der Waals surface area contributed by atoms with Gasteiger partial charge >= 0.3 is 5.97 Å². The molecule has 0 atom stereocenters. The van der Waals surface area contributed by atoms with Crippen LogP contribution in [0.3, 0.4) is 0 Å². The van der Waals surface area contributed by atoms with Gasteiger partial charge in [-0.2, -0.15) is 0 Å². The molecule has 0 saturated heterocycles. The Morgan fingerprint density at radius 2 is 1.44 bits per heavy atom. The average molecular weight is 355 g/mol. The number of esters is 1. The Balaban J connectivity index is 2.42. The molecule has 0 amide bonds. The van der Waals surface area contributed by atoms with Crippen molar-refractivity contribution in [2.75, 3.05) is 13.2 Å². The highest BCUT2D eigenvalue weighted by Gasteiger charge is 2.50. The quantitative estimate of drug-likeness (QED) is 0.331. The van der Waals surface area contributed by atoms with E-state index in [9.17, 15) is 4.79 Å². The summed E-state index contributed by atoms with van der Waals surface area (Å²) in [5, 5.41) is 2.34. The fourth-order valence-corrected chi connectivity index (χ4v) is 7.70. The Morgan fingerprint density at radius 3 is 1.84 bits per heavy atom. The second-order valence-electron chi connectivity index (χ2n) is 6.88. The van der Waals surface area contributed by atoms with Gasteiger partial charge in [-0.15, -0.1) is 0 Å². The number of hydrogen-bond donors (Lipinski definition) is 0. The topological polar surface area (TPSA) is 35.5 Å². The van der Waals surface area contributed by atoms with Crippen LogP contribution in [0.4, 0.5) is 0 Å². The van der Waals surface area contributed by atoms with Crippen LogP contribution < -0.4 is 10.4 Å².